The van der Waals surface area contributed by atoms with E-state index in [0.29, 0.717) is 37.5 Å². The molecule has 0 saturated carbocycles. The first-order valence-corrected chi connectivity index (χ1v) is 11.9. The van der Waals surface area contributed by atoms with E-state index in [4.69, 9.17) is 48.1 Å². The molecule has 0 atom stereocenters. The van der Waals surface area contributed by atoms with E-state index < -0.39 is 8.80 Å². The van der Waals surface area contributed by atoms with E-state index in [2.05, 4.69) is 6.92 Å². The van der Waals surface area contributed by atoms with Crippen molar-refractivity contribution < 1.29 is 13.3 Å². The average molecular weight is 394 g/mol. The molecule has 0 spiro atoms. The summed E-state index contributed by atoms with van der Waals surface area (Å²) in [5, 5.41) is 0. The van der Waals surface area contributed by atoms with Crippen molar-refractivity contribution in [1.82, 2.24) is 0 Å². The van der Waals surface area contributed by atoms with Crippen LogP contribution in [0.5, 0.6) is 0 Å². The molecule has 134 valence electrons. The molecule has 0 aliphatic carbocycles. The van der Waals surface area contributed by atoms with Crippen molar-refractivity contribution in [2.75, 3.05) is 37.5 Å². The fourth-order valence-electron chi connectivity index (χ4n) is 1.92. The molecule has 0 radical (unpaired) electrons. The maximum atomic E-state index is 6.10. The van der Waals surface area contributed by atoms with Crippen LogP contribution in [0.2, 0.25) is 6.04 Å². The standard InChI is InChI=1S/C15H31Cl3O3Si/c1-2-15-22(19-12-6-3-9-16,20-13-7-4-10-17)21-14-8-5-11-18/h2-15H2,1H3. The summed E-state index contributed by atoms with van der Waals surface area (Å²) in [7, 11) is -2.57. The van der Waals surface area contributed by atoms with Gasteiger partial charge in [0.25, 0.3) is 0 Å². The lowest BCUT2D eigenvalue weighted by Gasteiger charge is -2.29. The van der Waals surface area contributed by atoms with Gasteiger partial charge in [-0.1, -0.05) is 13.3 Å². The minimum Gasteiger partial charge on any atom is -0.373 e. The van der Waals surface area contributed by atoms with Crippen LogP contribution in [0.4, 0.5) is 0 Å². The molecule has 0 amide bonds. The summed E-state index contributed by atoms with van der Waals surface area (Å²) in [6, 6.07) is 0.857. The highest BCUT2D eigenvalue weighted by Crippen LogP contribution is 2.20. The first kappa shape index (κ1) is 23.0. The lowest BCUT2D eigenvalue weighted by atomic mass is 10.4. The van der Waals surface area contributed by atoms with Crippen molar-refractivity contribution in [3.05, 3.63) is 0 Å². The van der Waals surface area contributed by atoms with Crippen LogP contribution >= 0.6 is 34.8 Å². The summed E-state index contributed by atoms with van der Waals surface area (Å²) in [5.41, 5.74) is 0. The first-order valence-electron chi connectivity index (χ1n) is 8.34. The third-order valence-corrected chi connectivity index (χ3v) is 6.95. The van der Waals surface area contributed by atoms with Gasteiger partial charge in [0.1, 0.15) is 0 Å². The Morgan fingerprint density at radius 1 is 0.636 bits per heavy atom. The highest BCUT2D eigenvalue weighted by molar-refractivity contribution is 6.60. The predicted molar refractivity (Wildman–Crippen MR) is 98.6 cm³/mol. The molecule has 0 aromatic heterocycles. The molecule has 0 saturated heterocycles. The van der Waals surface area contributed by atoms with E-state index in [0.717, 1.165) is 51.0 Å². The molecule has 22 heavy (non-hydrogen) atoms. The molecule has 0 N–H and O–H groups in total. The van der Waals surface area contributed by atoms with E-state index in [9.17, 15) is 0 Å². The van der Waals surface area contributed by atoms with Gasteiger partial charge >= 0.3 is 8.80 Å². The molecular weight excluding hydrogens is 363 g/mol. The zero-order valence-electron chi connectivity index (χ0n) is 13.8. The molecule has 0 bridgehead atoms. The second-order valence-electron chi connectivity index (χ2n) is 5.17. The third-order valence-electron chi connectivity index (χ3n) is 3.11. The van der Waals surface area contributed by atoms with Gasteiger partial charge in [-0.05, 0) is 38.5 Å². The largest absolute Gasteiger partial charge is 0.500 e. The molecule has 0 rings (SSSR count). The van der Waals surface area contributed by atoms with Gasteiger partial charge in [-0.15, -0.1) is 34.8 Å². The Balaban J connectivity index is 4.39. The zero-order valence-corrected chi connectivity index (χ0v) is 17.0. The number of rotatable bonds is 17. The van der Waals surface area contributed by atoms with Crippen molar-refractivity contribution >= 4 is 43.6 Å². The molecule has 3 nitrogen and oxygen atoms in total. The molecule has 0 aliphatic rings. The van der Waals surface area contributed by atoms with Crippen molar-refractivity contribution in [2.45, 2.75) is 57.9 Å². The van der Waals surface area contributed by atoms with Crippen LogP contribution in [0.15, 0.2) is 0 Å². The van der Waals surface area contributed by atoms with E-state index in [-0.39, 0.29) is 0 Å². The molecule has 0 aromatic rings. The number of hydrogen-bond donors (Lipinski definition) is 0. The maximum Gasteiger partial charge on any atom is 0.500 e. The first-order chi connectivity index (χ1) is 10.7. The van der Waals surface area contributed by atoms with Crippen LogP contribution in [0.1, 0.15) is 51.9 Å². The van der Waals surface area contributed by atoms with Crippen LogP contribution in [0.25, 0.3) is 0 Å². The van der Waals surface area contributed by atoms with Crippen molar-refractivity contribution in [3.8, 4) is 0 Å². The fraction of sp³-hybridized carbons (Fsp3) is 1.00. The second kappa shape index (κ2) is 16.8. The molecule has 7 heteroatoms. The highest BCUT2D eigenvalue weighted by Gasteiger charge is 2.40. The summed E-state index contributed by atoms with van der Waals surface area (Å²) in [5.74, 6) is 2.00. The van der Waals surface area contributed by atoms with E-state index >= 15 is 0 Å². The normalized spacial score (nSPS) is 12.0. The summed E-state index contributed by atoms with van der Waals surface area (Å²) in [6.07, 6.45) is 6.69. The Hall–Kier alpha value is 0.967. The topological polar surface area (TPSA) is 27.7 Å². The quantitative estimate of drug-likeness (QED) is 0.187. The Bertz CT molecular complexity index is 205. The molecule has 0 unspecified atom stereocenters. The average Bonchev–Trinajstić information content (AvgIpc) is 2.53. The van der Waals surface area contributed by atoms with Crippen LogP contribution in [-0.2, 0) is 13.3 Å². The predicted octanol–water partition coefficient (Wildman–Crippen LogP) is 5.44. The Morgan fingerprint density at radius 2 is 1.00 bits per heavy atom. The summed E-state index contributed by atoms with van der Waals surface area (Å²) in [6.45, 7) is 4.10. The molecule has 0 heterocycles. The van der Waals surface area contributed by atoms with Crippen molar-refractivity contribution in [1.29, 1.82) is 0 Å². The number of hydrogen-bond acceptors (Lipinski definition) is 3. The van der Waals surface area contributed by atoms with Crippen molar-refractivity contribution in [2.24, 2.45) is 0 Å². The zero-order chi connectivity index (χ0) is 16.5. The SMILES string of the molecule is CCC[Si](OCCCCCl)(OCCCCCl)OCCCCCl. The fourth-order valence-corrected chi connectivity index (χ4v) is 5.15. The second-order valence-corrected chi connectivity index (χ2v) is 9.03. The minimum atomic E-state index is -2.57. The van der Waals surface area contributed by atoms with Gasteiger partial charge in [0.05, 0.1) is 0 Å². The lowest BCUT2D eigenvalue weighted by Crippen LogP contribution is -2.46. The molecule has 0 aliphatic heterocycles. The van der Waals surface area contributed by atoms with Gasteiger partial charge in [-0.3, -0.25) is 0 Å². The smallest absolute Gasteiger partial charge is 0.373 e. The van der Waals surface area contributed by atoms with E-state index in [1.54, 1.807) is 0 Å². The lowest BCUT2D eigenvalue weighted by molar-refractivity contribution is 0.0562. The van der Waals surface area contributed by atoms with Gasteiger partial charge < -0.3 is 13.3 Å². The number of alkyl halides is 3. The molecular formula is C15H31Cl3O3Si. The van der Waals surface area contributed by atoms with Gasteiger partial charge in [0.15, 0.2) is 0 Å². The van der Waals surface area contributed by atoms with Crippen LogP contribution in [-0.4, -0.2) is 46.3 Å². The number of unbranched alkanes of at least 4 members (excludes halogenated alkanes) is 3. The van der Waals surface area contributed by atoms with Crippen molar-refractivity contribution in [3.63, 3.8) is 0 Å². The Morgan fingerprint density at radius 3 is 1.27 bits per heavy atom. The van der Waals surface area contributed by atoms with Gasteiger partial charge in [-0.25, -0.2) is 0 Å². The minimum absolute atomic E-state index is 0.657. The van der Waals surface area contributed by atoms with Gasteiger partial charge in [0.2, 0.25) is 0 Å². The maximum absolute atomic E-state index is 6.10. The van der Waals surface area contributed by atoms with E-state index in [1.807, 2.05) is 0 Å². The summed E-state index contributed by atoms with van der Waals surface area (Å²) in [4.78, 5) is 0. The van der Waals surface area contributed by atoms with Gasteiger partial charge in [-0.2, -0.15) is 0 Å². The summed E-state index contributed by atoms with van der Waals surface area (Å²) >= 11 is 17.2. The van der Waals surface area contributed by atoms with Gasteiger partial charge in [0, 0.05) is 43.5 Å². The third kappa shape index (κ3) is 12.4. The van der Waals surface area contributed by atoms with Crippen LogP contribution < -0.4 is 0 Å². The van der Waals surface area contributed by atoms with Crippen LogP contribution in [0, 0.1) is 0 Å². The highest BCUT2D eigenvalue weighted by atomic mass is 35.5. The molecule has 0 aromatic carbocycles. The Kier molecular flexibility index (Phi) is 17.6. The number of halogens is 3. The van der Waals surface area contributed by atoms with Crippen LogP contribution in [0.3, 0.4) is 0 Å². The molecule has 0 fully saturated rings. The Labute approximate surface area is 152 Å². The van der Waals surface area contributed by atoms with E-state index in [1.165, 1.54) is 0 Å². The summed E-state index contributed by atoms with van der Waals surface area (Å²) < 4.78 is 18.3. The monoisotopic (exact) mass is 392 g/mol.